The molecule has 0 radical (unpaired) electrons. The van der Waals surface area contributed by atoms with Gasteiger partial charge in [-0.25, -0.2) is 0 Å². The zero-order valence-corrected chi connectivity index (χ0v) is 10.7. The third-order valence-electron chi connectivity index (χ3n) is 2.71. The highest BCUT2D eigenvalue weighted by molar-refractivity contribution is 9.09. The van der Waals surface area contributed by atoms with Gasteiger partial charge in [0.1, 0.15) is 0 Å². The van der Waals surface area contributed by atoms with Crippen LogP contribution >= 0.6 is 39.0 Å². The monoisotopic (exact) mass is 276 g/mol. The topological polar surface area (TPSA) is 0 Å². The quantitative estimate of drug-likeness (QED) is 0.580. The molecule has 1 aromatic rings. The van der Waals surface area contributed by atoms with Gasteiger partial charge in [-0.2, -0.15) is 0 Å². The molecule has 72 valence electrons. The van der Waals surface area contributed by atoms with Crippen molar-refractivity contribution < 1.29 is 0 Å². The van der Waals surface area contributed by atoms with Crippen molar-refractivity contribution in [1.82, 2.24) is 0 Å². The molecule has 1 saturated carbocycles. The maximum Gasteiger partial charge on any atom is 0.0598 e. The zero-order valence-electron chi connectivity index (χ0n) is 7.46. The highest BCUT2D eigenvalue weighted by atomic mass is 79.9. The summed E-state index contributed by atoms with van der Waals surface area (Å²) < 4.78 is 1.47. The normalized spacial score (nSPS) is 19.8. The minimum Gasteiger partial charge on any atom is -0.137 e. The summed E-state index contributed by atoms with van der Waals surface area (Å²) in [6.45, 7) is 0. The average molecular weight is 277 g/mol. The van der Waals surface area contributed by atoms with Crippen molar-refractivity contribution in [3.63, 3.8) is 0 Å². The first kappa shape index (κ1) is 10.1. The SMILES string of the molecule is BrCC1(CSc2cccs2)CCC1. The summed E-state index contributed by atoms with van der Waals surface area (Å²) in [5.41, 5.74) is 0.620. The van der Waals surface area contributed by atoms with E-state index in [1.165, 1.54) is 34.6 Å². The fourth-order valence-electron chi connectivity index (χ4n) is 1.56. The predicted octanol–water partition coefficient (Wildman–Crippen LogP) is 4.41. The van der Waals surface area contributed by atoms with Crippen molar-refractivity contribution in [3.8, 4) is 0 Å². The molecular weight excluding hydrogens is 264 g/mol. The minimum atomic E-state index is 0.620. The smallest absolute Gasteiger partial charge is 0.0598 e. The molecule has 2 rings (SSSR count). The average Bonchev–Trinajstić information content (AvgIpc) is 2.56. The van der Waals surface area contributed by atoms with E-state index >= 15 is 0 Å². The molecule has 1 aliphatic rings. The molecular formula is C10H13BrS2. The number of halogens is 1. The molecule has 1 fully saturated rings. The van der Waals surface area contributed by atoms with E-state index in [2.05, 4.69) is 33.4 Å². The van der Waals surface area contributed by atoms with Crippen molar-refractivity contribution in [2.75, 3.05) is 11.1 Å². The number of thiophene rings is 1. The van der Waals surface area contributed by atoms with E-state index in [0.717, 1.165) is 0 Å². The Bertz CT molecular complexity index is 246. The Hall–Kier alpha value is 0.530. The van der Waals surface area contributed by atoms with E-state index < -0.39 is 0 Å². The van der Waals surface area contributed by atoms with Crippen LogP contribution < -0.4 is 0 Å². The summed E-state index contributed by atoms with van der Waals surface area (Å²) in [6, 6.07) is 4.35. The lowest BCUT2D eigenvalue weighted by atomic mass is 9.72. The van der Waals surface area contributed by atoms with Gasteiger partial charge in [0, 0.05) is 11.1 Å². The molecule has 0 N–H and O–H groups in total. The summed E-state index contributed by atoms with van der Waals surface area (Å²) >= 11 is 7.52. The van der Waals surface area contributed by atoms with Gasteiger partial charge in [-0.3, -0.25) is 0 Å². The largest absolute Gasteiger partial charge is 0.137 e. The molecule has 13 heavy (non-hydrogen) atoms. The molecule has 0 spiro atoms. The second-order valence-electron chi connectivity index (χ2n) is 3.71. The fourth-order valence-corrected chi connectivity index (χ4v) is 4.66. The lowest BCUT2D eigenvalue weighted by Crippen LogP contribution is -2.33. The second kappa shape index (κ2) is 4.37. The van der Waals surface area contributed by atoms with Crippen LogP contribution in [0.1, 0.15) is 19.3 Å². The molecule has 1 heterocycles. The Morgan fingerprint density at radius 3 is 2.85 bits per heavy atom. The highest BCUT2D eigenvalue weighted by Crippen LogP contribution is 2.46. The van der Waals surface area contributed by atoms with E-state index in [0.29, 0.717) is 5.41 Å². The Morgan fingerprint density at radius 1 is 1.54 bits per heavy atom. The first-order valence-electron chi connectivity index (χ1n) is 4.57. The number of thioether (sulfide) groups is 1. The van der Waals surface area contributed by atoms with Crippen LogP contribution in [0.25, 0.3) is 0 Å². The van der Waals surface area contributed by atoms with Crippen LogP contribution in [0.3, 0.4) is 0 Å². The molecule has 0 unspecified atom stereocenters. The number of hydrogen-bond acceptors (Lipinski definition) is 2. The van der Waals surface area contributed by atoms with Gasteiger partial charge in [-0.05, 0) is 29.7 Å². The molecule has 0 aromatic carbocycles. The maximum atomic E-state index is 3.64. The molecule has 0 bridgehead atoms. The first-order valence-corrected chi connectivity index (χ1v) is 7.56. The molecule has 0 saturated heterocycles. The zero-order chi connectivity index (χ0) is 9.15. The van der Waals surface area contributed by atoms with E-state index in [4.69, 9.17) is 0 Å². The van der Waals surface area contributed by atoms with Crippen molar-refractivity contribution in [2.24, 2.45) is 5.41 Å². The molecule has 0 amide bonds. The standard InChI is InChI=1S/C10H13BrS2/c11-7-10(4-2-5-10)8-13-9-3-1-6-12-9/h1,3,6H,2,4-5,7-8H2. The van der Waals surface area contributed by atoms with Gasteiger partial charge >= 0.3 is 0 Å². The fraction of sp³-hybridized carbons (Fsp3) is 0.600. The van der Waals surface area contributed by atoms with Crippen LogP contribution in [0.15, 0.2) is 21.7 Å². The Balaban J connectivity index is 1.84. The van der Waals surface area contributed by atoms with Gasteiger partial charge in [-0.1, -0.05) is 28.4 Å². The Morgan fingerprint density at radius 2 is 2.38 bits per heavy atom. The van der Waals surface area contributed by atoms with Crippen LogP contribution in [-0.4, -0.2) is 11.1 Å². The summed E-state index contributed by atoms with van der Waals surface area (Å²) in [5, 5.41) is 3.34. The Labute approximate surface area is 96.2 Å². The molecule has 1 aliphatic carbocycles. The van der Waals surface area contributed by atoms with E-state index in [9.17, 15) is 0 Å². The third-order valence-corrected chi connectivity index (χ3v) is 6.38. The molecule has 0 atom stereocenters. The lowest BCUT2D eigenvalue weighted by Gasteiger charge is -2.40. The summed E-state index contributed by atoms with van der Waals surface area (Å²) in [6.07, 6.45) is 4.25. The van der Waals surface area contributed by atoms with Crippen LogP contribution in [0, 0.1) is 5.41 Å². The molecule has 0 nitrogen and oxygen atoms in total. The Kier molecular flexibility index (Phi) is 3.38. The van der Waals surface area contributed by atoms with Crippen LogP contribution in [0.2, 0.25) is 0 Å². The van der Waals surface area contributed by atoms with Crippen LogP contribution in [0.4, 0.5) is 0 Å². The van der Waals surface area contributed by atoms with Gasteiger partial charge < -0.3 is 0 Å². The van der Waals surface area contributed by atoms with Gasteiger partial charge in [0.15, 0.2) is 0 Å². The molecule has 0 aliphatic heterocycles. The van der Waals surface area contributed by atoms with E-state index in [1.807, 2.05) is 23.1 Å². The first-order chi connectivity index (χ1) is 6.35. The third kappa shape index (κ3) is 2.31. The van der Waals surface area contributed by atoms with Crippen molar-refractivity contribution in [1.29, 1.82) is 0 Å². The van der Waals surface area contributed by atoms with Gasteiger partial charge in [0.2, 0.25) is 0 Å². The number of alkyl halides is 1. The molecule has 3 heteroatoms. The van der Waals surface area contributed by atoms with Gasteiger partial charge in [-0.15, -0.1) is 23.1 Å². The van der Waals surface area contributed by atoms with E-state index in [1.54, 1.807) is 0 Å². The number of rotatable bonds is 4. The van der Waals surface area contributed by atoms with Crippen molar-refractivity contribution in [2.45, 2.75) is 23.5 Å². The van der Waals surface area contributed by atoms with Crippen LogP contribution in [-0.2, 0) is 0 Å². The lowest BCUT2D eigenvalue weighted by molar-refractivity contribution is 0.206. The highest BCUT2D eigenvalue weighted by Gasteiger charge is 2.35. The second-order valence-corrected chi connectivity index (χ2v) is 6.49. The predicted molar refractivity (Wildman–Crippen MR) is 65.1 cm³/mol. The van der Waals surface area contributed by atoms with Gasteiger partial charge in [0.05, 0.1) is 4.21 Å². The van der Waals surface area contributed by atoms with Crippen molar-refractivity contribution >= 4 is 39.0 Å². The number of hydrogen-bond donors (Lipinski definition) is 0. The maximum absolute atomic E-state index is 3.64. The minimum absolute atomic E-state index is 0.620. The summed E-state index contributed by atoms with van der Waals surface area (Å²) in [7, 11) is 0. The van der Waals surface area contributed by atoms with Gasteiger partial charge in [0.25, 0.3) is 0 Å². The van der Waals surface area contributed by atoms with E-state index in [-0.39, 0.29) is 0 Å². The molecule has 1 aromatic heterocycles. The summed E-state index contributed by atoms with van der Waals surface area (Å²) in [4.78, 5) is 0. The van der Waals surface area contributed by atoms with Crippen LogP contribution in [0.5, 0.6) is 0 Å². The van der Waals surface area contributed by atoms with Crippen molar-refractivity contribution in [3.05, 3.63) is 17.5 Å². The summed E-state index contributed by atoms with van der Waals surface area (Å²) in [5.74, 6) is 1.29.